The molecule has 0 saturated carbocycles. The molecule has 1 heterocycles. The first-order valence-electron chi connectivity index (χ1n) is 3.78. The fraction of sp³-hybridized carbons (Fsp3) is 0.714. The SMILES string of the molecule is COC(=O)C1CNC[C@H]1NC=O. The maximum absolute atomic E-state index is 11.1. The summed E-state index contributed by atoms with van der Waals surface area (Å²) in [5.74, 6) is -0.528. The summed E-state index contributed by atoms with van der Waals surface area (Å²) < 4.78 is 4.58. The largest absolute Gasteiger partial charge is 0.469 e. The van der Waals surface area contributed by atoms with Crippen molar-refractivity contribution in [2.24, 2.45) is 5.92 Å². The van der Waals surface area contributed by atoms with Gasteiger partial charge in [-0.1, -0.05) is 0 Å². The monoisotopic (exact) mass is 172 g/mol. The van der Waals surface area contributed by atoms with Gasteiger partial charge in [-0.25, -0.2) is 0 Å². The van der Waals surface area contributed by atoms with Crippen LogP contribution in [0.2, 0.25) is 0 Å². The molecule has 1 unspecified atom stereocenters. The first-order valence-corrected chi connectivity index (χ1v) is 3.78. The van der Waals surface area contributed by atoms with Gasteiger partial charge >= 0.3 is 5.97 Å². The molecule has 1 rings (SSSR count). The number of esters is 1. The summed E-state index contributed by atoms with van der Waals surface area (Å²) in [4.78, 5) is 21.2. The van der Waals surface area contributed by atoms with Gasteiger partial charge in [-0.15, -0.1) is 0 Å². The number of carbonyl (C=O) groups excluding carboxylic acids is 2. The second-order valence-electron chi connectivity index (χ2n) is 2.68. The van der Waals surface area contributed by atoms with Gasteiger partial charge in [0.15, 0.2) is 0 Å². The number of nitrogens with one attached hydrogen (secondary N) is 2. The molecule has 0 radical (unpaired) electrons. The highest BCUT2D eigenvalue weighted by Gasteiger charge is 2.33. The highest BCUT2D eigenvalue weighted by Crippen LogP contribution is 2.09. The molecular weight excluding hydrogens is 160 g/mol. The molecule has 0 bridgehead atoms. The van der Waals surface area contributed by atoms with Crippen LogP contribution in [0, 0.1) is 5.92 Å². The topological polar surface area (TPSA) is 67.4 Å². The lowest BCUT2D eigenvalue weighted by Crippen LogP contribution is -2.39. The minimum Gasteiger partial charge on any atom is -0.469 e. The Bertz CT molecular complexity index is 183. The van der Waals surface area contributed by atoms with E-state index in [-0.39, 0.29) is 17.9 Å². The number of methoxy groups -OCH3 is 1. The summed E-state index contributed by atoms with van der Waals surface area (Å²) in [6.45, 7) is 1.19. The zero-order valence-electron chi connectivity index (χ0n) is 6.87. The van der Waals surface area contributed by atoms with Crippen molar-refractivity contribution in [3.05, 3.63) is 0 Å². The second-order valence-corrected chi connectivity index (χ2v) is 2.68. The Labute approximate surface area is 70.5 Å². The van der Waals surface area contributed by atoms with Crippen molar-refractivity contribution in [1.29, 1.82) is 0 Å². The van der Waals surface area contributed by atoms with Gasteiger partial charge in [-0.2, -0.15) is 0 Å². The molecule has 0 aromatic rings. The number of rotatable bonds is 3. The van der Waals surface area contributed by atoms with Crippen molar-refractivity contribution in [3.8, 4) is 0 Å². The van der Waals surface area contributed by atoms with E-state index in [1.54, 1.807) is 0 Å². The van der Waals surface area contributed by atoms with Crippen LogP contribution in [0.25, 0.3) is 0 Å². The molecule has 1 fully saturated rings. The maximum Gasteiger partial charge on any atom is 0.312 e. The van der Waals surface area contributed by atoms with Crippen LogP contribution in [0.1, 0.15) is 0 Å². The molecule has 12 heavy (non-hydrogen) atoms. The predicted molar refractivity (Wildman–Crippen MR) is 41.4 cm³/mol. The zero-order valence-corrected chi connectivity index (χ0v) is 6.87. The van der Waals surface area contributed by atoms with Crippen LogP contribution in [0.5, 0.6) is 0 Å². The van der Waals surface area contributed by atoms with Crippen molar-refractivity contribution < 1.29 is 14.3 Å². The average molecular weight is 172 g/mol. The van der Waals surface area contributed by atoms with Gasteiger partial charge in [0.05, 0.1) is 19.1 Å². The zero-order chi connectivity index (χ0) is 8.97. The normalized spacial score (nSPS) is 28.1. The van der Waals surface area contributed by atoms with E-state index in [0.717, 1.165) is 0 Å². The Hall–Kier alpha value is -1.10. The molecule has 2 atom stereocenters. The molecule has 0 aliphatic carbocycles. The third-order valence-corrected chi connectivity index (χ3v) is 2.00. The molecule has 1 saturated heterocycles. The van der Waals surface area contributed by atoms with Crippen LogP contribution in [0.4, 0.5) is 0 Å². The molecule has 5 heteroatoms. The molecule has 5 nitrogen and oxygen atoms in total. The van der Waals surface area contributed by atoms with Crippen LogP contribution in [-0.4, -0.2) is 38.6 Å². The highest BCUT2D eigenvalue weighted by atomic mass is 16.5. The number of hydrogen-bond donors (Lipinski definition) is 2. The van der Waals surface area contributed by atoms with Gasteiger partial charge in [0.2, 0.25) is 6.41 Å². The second kappa shape index (κ2) is 4.06. The van der Waals surface area contributed by atoms with Gasteiger partial charge < -0.3 is 15.4 Å². The summed E-state index contributed by atoms with van der Waals surface area (Å²) in [5.41, 5.74) is 0. The summed E-state index contributed by atoms with van der Waals surface area (Å²) in [7, 11) is 1.35. The van der Waals surface area contributed by atoms with E-state index >= 15 is 0 Å². The van der Waals surface area contributed by atoms with Crippen LogP contribution in [-0.2, 0) is 14.3 Å². The van der Waals surface area contributed by atoms with E-state index in [0.29, 0.717) is 19.5 Å². The minimum absolute atomic E-state index is 0.130. The number of ether oxygens (including phenoxy) is 1. The van der Waals surface area contributed by atoms with Crippen LogP contribution in [0.15, 0.2) is 0 Å². The van der Waals surface area contributed by atoms with E-state index in [1.165, 1.54) is 7.11 Å². The average Bonchev–Trinajstić information content (AvgIpc) is 2.52. The van der Waals surface area contributed by atoms with Crippen molar-refractivity contribution in [3.63, 3.8) is 0 Å². The van der Waals surface area contributed by atoms with Crippen LogP contribution >= 0.6 is 0 Å². The Kier molecular flexibility index (Phi) is 3.04. The molecule has 0 aromatic carbocycles. The third-order valence-electron chi connectivity index (χ3n) is 2.00. The smallest absolute Gasteiger partial charge is 0.312 e. The Balaban J connectivity index is 2.50. The van der Waals surface area contributed by atoms with E-state index < -0.39 is 0 Å². The summed E-state index contributed by atoms with van der Waals surface area (Å²) in [5, 5.41) is 5.57. The summed E-state index contributed by atoms with van der Waals surface area (Å²) in [6, 6.07) is -0.130. The Morgan fingerprint density at radius 1 is 1.67 bits per heavy atom. The van der Waals surface area contributed by atoms with Gasteiger partial charge in [0.25, 0.3) is 0 Å². The van der Waals surface area contributed by atoms with E-state index in [1.807, 2.05) is 0 Å². The quantitative estimate of drug-likeness (QED) is 0.401. The molecule has 0 spiro atoms. The van der Waals surface area contributed by atoms with E-state index in [4.69, 9.17) is 0 Å². The van der Waals surface area contributed by atoms with Crippen LogP contribution < -0.4 is 10.6 Å². The number of carbonyl (C=O) groups is 2. The molecule has 68 valence electrons. The molecule has 2 N–H and O–H groups in total. The summed E-state index contributed by atoms with van der Waals surface area (Å²) in [6.07, 6.45) is 0.605. The molecule has 1 aliphatic rings. The van der Waals surface area contributed by atoms with Crippen molar-refractivity contribution in [2.75, 3.05) is 20.2 Å². The molecule has 1 aliphatic heterocycles. The number of hydrogen-bond acceptors (Lipinski definition) is 4. The standard InChI is InChI=1S/C7H12N2O3/c1-12-7(11)5-2-8-3-6(5)9-4-10/h4-6,8H,2-3H2,1H3,(H,9,10)/t5?,6-/m1/s1. The number of amides is 1. The predicted octanol–water partition coefficient (Wildman–Crippen LogP) is -1.51. The maximum atomic E-state index is 11.1. The highest BCUT2D eigenvalue weighted by molar-refractivity contribution is 5.74. The Morgan fingerprint density at radius 2 is 2.42 bits per heavy atom. The lowest BCUT2D eigenvalue weighted by Gasteiger charge is -2.14. The van der Waals surface area contributed by atoms with E-state index in [2.05, 4.69) is 15.4 Å². The van der Waals surface area contributed by atoms with Gasteiger partial charge in [-0.3, -0.25) is 9.59 Å². The van der Waals surface area contributed by atoms with Crippen molar-refractivity contribution in [1.82, 2.24) is 10.6 Å². The first kappa shape index (κ1) is 8.99. The van der Waals surface area contributed by atoms with E-state index in [9.17, 15) is 9.59 Å². The third kappa shape index (κ3) is 1.73. The van der Waals surface area contributed by atoms with Gasteiger partial charge in [0.1, 0.15) is 0 Å². The Morgan fingerprint density at radius 3 is 3.00 bits per heavy atom. The molecular formula is C7H12N2O3. The fourth-order valence-corrected chi connectivity index (χ4v) is 1.34. The van der Waals surface area contributed by atoms with Gasteiger partial charge in [-0.05, 0) is 0 Å². The van der Waals surface area contributed by atoms with Crippen molar-refractivity contribution in [2.45, 2.75) is 6.04 Å². The van der Waals surface area contributed by atoms with Crippen molar-refractivity contribution >= 4 is 12.4 Å². The lowest BCUT2D eigenvalue weighted by molar-refractivity contribution is -0.145. The van der Waals surface area contributed by atoms with Gasteiger partial charge in [0, 0.05) is 13.1 Å². The lowest BCUT2D eigenvalue weighted by atomic mass is 10.0. The molecule has 0 aromatic heterocycles. The molecule has 1 amide bonds. The summed E-state index contributed by atoms with van der Waals surface area (Å²) >= 11 is 0. The first-order chi connectivity index (χ1) is 5.79. The minimum atomic E-state index is -0.278. The van der Waals surface area contributed by atoms with Crippen LogP contribution in [0.3, 0.4) is 0 Å². The fourth-order valence-electron chi connectivity index (χ4n) is 1.34.